The second kappa shape index (κ2) is 5.67. The monoisotopic (exact) mass is 362 g/mol. The first-order valence-electron chi connectivity index (χ1n) is 9.28. The SMILES string of the molecule is C=C1C(=O)O[C@@H]2/C=C(/C)CC[C@H]3O[C@]3(C)C[C@@H](OC(=O)[C@@]3(C)O[C@H]3C)[C@@H]12. The highest BCUT2D eigenvalue weighted by Gasteiger charge is 2.60. The van der Waals surface area contributed by atoms with Crippen molar-refractivity contribution in [2.45, 2.75) is 82.6 Å². The maximum Gasteiger partial charge on any atom is 0.341 e. The summed E-state index contributed by atoms with van der Waals surface area (Å²) in [4.78, 5) is 24.8. The number of esters is 2. The third-order valence-corrected chi connectivity index (χ3v) is 6.36. The maximum absolute atomic E-state index is 12.7. The van der Waals surface area contributed by atoms with E-state index in [1.165, 1.54) is 0 Å². The molecule has 0 unspecified atom stereocenters. The Kier molecular flexibility index (Phi) is 3.87. The summed E-state index contributed by atoms with van der Waals surface area (Å²) < 4.78 is 22.7. The first kappa shape index (κ1) is 17.7. The number of rotatable bonds is 2. The molecule has 0 aromatic rings. The van der Waals surface area contributed by atoms with E-state index in [1.807, 2.05) is 26.8 Å². The van der Waals surface area contributed by atoms with Crippen molar-refractivity contribution in [2.24, 2.45) is 5.92 Å². The largest absolute Gasteiger partial charge is 0.459 e. The predicted molar refractivity (Wildman–Crippen MR) is 92.2 cm³/mol. The Hall–Kier alpha value is -1.66. The highest BCUT2D eigenvalue weighted by Crippen LogP contribution is 2.48. The van der Waals surface area contributed by atoms with Crippen LogP contribution in [0.2, 0.25) is 0 Å². The lowest BCUT2D eigenvalue weighted by Gasteiger charge is -2.29. The Labute approximate surface area is 153 Å². The molecule has 3 saturated heterocycles. The van der Waals surface area contributed by atoms with Crippen LogP contribution >= 0.6 is 0 Å². The topological polar surface area (TPSA) is 77.7 Å². The molecule has 3 aliphatic heterocycles. The Balaban J connectivity index is 1.65. The molecule has 0 spiro atoms. The quantitative estimate of drug-likeness (QED) is 0.325. The molecule has 7 atom stereocenters. The van der Waals surface area contributed by atoms with Crippen LogP contribution < -0.4 is 0 Å². The van der Waals surface area contributed by atoms with E-state index in [9.17, 15) is 9.59 Å². The van der Waals surface area contributed by atoms with Gasteiger partial charge in [-0.15, -0.1) is 0 Å². The van der Waals surface area contributed by atoms with Crippen molar-refractivity contribution in [3.8, 4) is 0 Å². The van der Waals surface area contributed by atoms with E-state index in [2.05, 4.69) is 6.58 Å². The highest BCUT2D eigenvalue weighted by atomic mass is 16.7. The molecule has 0 saturated carbocycles. The zero-order chi connectivity index (χ0) is 18.9. The summed E-state index contributed by atoms with van der Waals surface area (Å²) in [5.41, 5.74) is 0.230. The second-order valence-electron chi connectivity index (χ2n) is 8.41. The summed E-state index contributed by atoms with van der Waals surface area (Å²) >= 11 is 0. The van der Waals surface area contributed by atoms with Gasteiger partial charge in [-0.05, 0) is 46.6 Å². The fourth-order valence-electron chi connectivity index (χ4n) is 4.18. The Bertz CT molecular complexity index is 711. The molecule has 0 radical (unpaired) electrons. The van der Waals surface area contributed by atoms with Crippen LogP contribution in [0.4, 0.5) is 0 Å². The van der Waals surface area contributed by atoms with E-state index in [1.54, 1.807) is 6.92 Å². The van der Waals surface area contributed by atoms with Crippen LogP contribution in [0.15, 0.2) is 23.8 Å². The maximum atomic E-state index is 12.7. The van der Waals surface area contributed by atoms with Crippen LogP contribution in [0.5, 0.6) is 0 Å². The minimum absolute atomic E-state index is 0.140. The third kappa shape index (κ3) is 2.79. The Morgan fingerprint density at radius 1 is 1.35 bits per heavy atom. The molecule has 4 aliphatic rings. The first-order valence-corrected chi connectivity index (χ1v) is 9.28. The minimum atomic E-state index is -0.911. The van der Waals surface area contributed by atoms with Gasteiger partial charge in [-0.2, -0.15) is 0 Å². The molecule has 3 fully saturated rings. The molecular formula is C20H26O6. The fourth-order valence-corrected chi connectivity index (χ4v) is 4.18. The van der Waals surface area contributed by atoms with Crippen LogP contribution in [-0.4, -0.2) is 47.6 Å². The first-order chi connectivity index (χ1) is 12.1. The van der Waals surface area contributed by atoms with Crippen LogP contribution in [0.3, 0.4) is 0 Å². The summed E-state index contributed by atoms with van der Waals surface area (Å²) in [5, 5.41) is 0. The number of epoxide rings is 2. The highest BCUT2D eigenvalue weighted by molar-refractivity contribution is 5.91. The molecule has 4 rings (SSSR count). The van der Waals surface area contributed by atoms with Gasteiger partial charge < -0.3 is 18.9 Å². The zero-order valence-corrected chi connectivity index (χ0v) is 15.7. The van der Waals surface area contributed by atoms with Gasteiger partial charge in [0, 0.05) is 12.0 Å². The second-order valence-corrected chi connectivity index (χ2v) is 8.41. The number of allylic oxidation sites excluding steroid dienone is 1. The van der Waals surface area contributed by atoms with Gasteiger partial charge in [0.25, 0.3) is 0 Å². The lowest BCUT2D eigenvalue weighted by Crippen LogP contribution is -2.40. The molecule has 0 bridgehead atoms. The van der Waals surface area contributed by atoms with Crippen molar-refractivity contribution in [1.29, 1.82) is 0 Å². The summed E-state index contributed by atoms with van der Waals surface area (Å²) in [6.07, 6.45) is 3.24. The number of fused-ring (bicyclic) bond motifs is 2. The van der Waals surface area contributed by atoms with Crippen LogP contribution in [-0.2, 0) is 28.5 Å². The van der Waals surface area contributed by atoms with E-state index < -0.39 is 35.7 Å². The normalized spacial score (nSPS) is 49.2. The molecule has 3 heterocycles. The number of carbonyl (C=O) groups is 2. The van der Waals surface area contributed by atoms with Crippen molar-refractivity contribution >= 4 is 11.9 Å². The van der Waals surface area contributed by atoms with E-state index in [0.29, 0.717) is 12.0 Å². The van der Waals surface area contributed by atoms with Gasteiger partial charge in [-0.1, -0.05) is 12.2 Å². The van der Waals surface area contributed by atoms with Gasteiger partial charge in [-0.25, -0.2) is 9.59 Å². The van der Waals surface area contributed by atoms with Crippen LogP contribution in [0, 0.1) is 5.92 Å². The van der Waals surface area contributed by atoms with Crippen molar-refractivity contribution in [3.05, 3.63) is 23.8 Å². The number of hydrogen-bond acceptors (Lipinski definition) is 6. The molecule has 6 heteroatoms. The molecular weight excluding hydrogens is 336 g/mol. The van der Waals surface area contributed by atoms with E-state index in [-0.39, 0.29) is 17.8 Å². The van der Waals surface area contributed by atoms with E-state index >= 15 is 0 Å². The standard InChI is InChI=1S/C20H26O6/c1-10-6-7-15-19(4,26-15)9-14(24-18(22)20(5)12(3)25-20)16-11(2)17(21)23-13(16)8-10/h8,12-16H,2,6-7,9H2,1,3-5H3/b10-8-/t12-,13+,14+,15+,16-,19+,20-/m0/s1. The Morgan fingerprint density at radius 3 is 2.69 bits per heavy atom. The Morgan fingerprint density at radius 2 is 2.04 bits per heavy atom. The molecule has 0 aromatic heterocycles. The number of carbonyl (C=O) groups excluding carboxylic acids is 2. The average Bonchev–Trinajstić information content (AvgIpc) is 3.36. The van der Waals surface area contributed by atoms with E-state index in [0.717, 1.165) is 18.4 Å². The van der Waals surface area contributed by atoms with Crippen LogP contribution in [0.1, 0.15) is 47.0 Å². The van der Waals surface area contributed by atoms with Crippen LogP contribution in [0.25, 0.3) is 0 Å². The summed E-state index contributed by atoms with van der Waals surface area (Å²) in [5.74, 6) is -1.23. The molecule has 0 N–H and O–H groups in total. The lowest BCUT2D eigenvalue weighted by atomic mass is 9.82. The molecule has 6 nitrogen and oxygen atoms in total. The molecule has 142 valence electrons. The van der Waals surface area contributed by atoms with Gasteiger partial charge in [0.1, 0.15) is 12.2 Å². The van der Waals surface area contributed by atoms with Gasteiger partial charge >= 0.3 is 11.9 Å². The average molecular weight is 362 g/mol. The number of hydrogen-bond donors (Lipinski definition) is 0. The van der Waals surface area contributed by atoms with Crippen molar-refractivity contribution in [3.63, 3.8) is 0 Å². The van der Waals surface area contributed by atoms with Crippen molar-refractivity contribution < 1.29 is 28.5 Å². The smallest absolute Gasteiger partial charge is 0.341 e. The summed E-state index contributed by atoms with van der Waals surface area (Å²) in [6, 6.07) is 0. The molecule has 26 heavy (non-hydrogen) atoms. The zero-order valence-electron chi connectivity index (χ0n) is 15.7. The molecule has 0 aromatic carbocycles. The lowest BCUT2D eigenvalue weighted by molar-refractivity contribution is -0.159. The van der Waals surface area contributed by atoms with Gasteiger partial charge in [0.2, 0.25) is 0 Å². The number of ether oxygens (including phenoxy) is 4. The van der Waals surface area contributed by atoms with Crippen molar-refractivity contribution in [1.82, 2.24) is 0 Å². The van der Waals surface area contributed by atoms with E-state index in [4.69, 9.17) is 18.9 Å². The molecule has 1 aliphatic carbocycles. The summed E-state index contributed by atoms with van der Waals surface area (Å²) in [6.45, 7) is 11.5. The fraction of sp³-hybridized carbons (Fsp3) is 0.700. The van der Waals surface area contributed by atoms with Gasteiger partial charge in [-0.3, -0.25) is 0 Å². The van der Waals surface area contributed by atoms with Gasteiger partial charge in [0.05, 0.1) is 23.7 Å². The minimum Gasteiger partial charge on any atom is -0.459 e. The predicted octanol–water partition coefficient (Wildman–Crippen LogP) is 2.46. The molecule has 0 amide bonds. The third-order valence-electron chi connectivity index (χ3n) is 6.36. The van der Waals surface area contributed by atoms with Crippen molar-refractivity contribution in [2.75, 3.05) is 0 Å². The van der Waals surface area contributed by atoms with Gasteiger partial charge in [0.15, 0.2) is 5.60 Å². The summed E-state index contributed by atoms with van der Waals surface area (Å²) in [7, 11) is 0.